The molecule has 0 bridgehead atoms. The second kappa shape index (κ2) is 16.9. The van der Waals surface area contributed by atoms with Crippen molar-refractivity contribution in [2.45, 2.75) is 90.6 Å². The number of rotatable bonds is 16. The highest BCUT2D eigenvalue weighted by atomic mass is 16.5. The molecule has 1 saturated heterocycles. The molecule has 7 atom stereocenters. The van der Waals surface area contributed by atoms with E-state index in [-0.39, 0.29) is 66.6 Å². The maximum atomic E-state index is 13.7. The zero-order valence-corrected chi connectivity index (χ0v) is 26.7. The van der Waals surface area contributed by atoms with E-state index in [9.17, 15) is 19.2 Å². The Balaban J connectivity index is 3.06. The van der Waals surface area contributed by atoms with Gasteiger partial charge in [-0.1, -0.05) is 41.0 Å². The Bertz CT molecular complexity index is 830. The van der Waals surface area contributed by atoms with Crippen LogP contribution in [0.2, 0.25) is 0 Å². The van der Waals surface area contributed by atoms with Gasteiger partial charge in [0, 0.05) is 34.9 Å². The number of nitrogens with zero attached hydrogens (tertiary/aromatic N) is 3. The minimum Gasteiger partial charge on any atom is -0.379 e. The summed E-state index contributed by atoms with van der Waals surface area (Å²) in [5, 5.41) is 5.47. The molecular weight excluding hydrogens is 514 g/mol. The average molecular weight is 570 g/mol. The van der Waals surface area contributed by atoms with Crippen LogP contribution in [0.25, 0.3) is 0 Å². The van der Waals surface area contributed by atoms with E-state index in [2.05, 4.69) is 10.6 Å². The van der Waals surface area contributed by atoms with Crippen LogP contribution in [-0.4, -0.2) is 124 Å². The van der Waals surface area contributed by atoms with E-state index in [0.717, 1.165) is 19.3 Å². The van der Waals surface area contributed by atoms with E-state index >= 15 is 0 Å². The smallest absolute Gasteiger partial charge is 0.242 e. The molecule has 0 spiro atoms. The summed E-state index contributed by atoms with van der Waals surface area (Å²) in [5.41, 5.74) is 0. The lowest BCUT2D eigenvalue weighted by Gasteiger charge is -2.39. The Hall–Kier alpha value is -2.24. The van der Waals surface area contributed by atoms with Crippen LogP contribution in [0.4, 0.5) is 0 Å². The molecule has 1 aliphatic rings. The van der Waals surface area contributed by atoms with Crippen molar-refractivity contribution in [2.24, 2.45) is 17.8 Å². The largest absolute Gasteiger partial charge is 0.379 e. The van der Waals surface area contributed by atoms with Crippen molar-refractivity contribution < 1.29 is 28.7 Å². The number of nitrogens with one attached hydrogen (secondary N) is 2. The molecule has 0 radical (unpaired) electrons. The number of likely N-dealkylation sites (N-methyl/N-ethyl adjacent to an activating group) is 2. The van der Waals surface area contributed by atoms with Crippen molar-refractivity contribution in [3.05, 3.63) is 0 Å². The highest BCUT2D eigenvalue weighted by molar-refractivity contribution is 5.87. The third-order valence-electron chi connectivity index (χ3n) is 8.42. The van der Waals surface area contributed by atoms with Crippen LogP contribution < -0.4 is 10.6 Å². The number of carbonyl (C=O) groups excluding carboxylic acids is 4. The lowest BCUT2D eigenvalue weighted by atomic mass is 9.90. The van der Waals surface area contributed by atoms with Gasteiger partial charge in [-0.2, -0.15) is 0 Å². The number of carbonyl (C=O) groups is 4. The van der Waals surface area contributed by atoms with Crippen molar-refractivity contribution in [3.63, 3.8) is 0 Å². The Kier molecular flexibility index (Phi) is 15.1. The second-order valence-corrected chi connectivity index (χ2v) is 11.6. The van der Waals surface area contributed by atoms with E-state index < -0.39 is 18.1 Å². The molecule has 1 heterocycles. The number of amides is 4. The summed E-state index contributed by atoms with van der Waals surface area (Å²) in [6.45, 7) is 10.3. The minimum absolute atomic E-state index is 0.0435. The van der Waals surface area contributed by atoms with Crippen molar-refractivity contribution in [3.8, 4) is 0 Å². The van der Waals surface area contributed by atoms with E-state index in [1.165, 1.54) is 0 Å². The van der Waals surface area contributed by atoms with Gasteiger partial charge in [0.15, 0.2) is 0 Å². The fourth-order valence-corrected chi connectivity index (χ4v) is 6.08. The summed E-state index contributed by atoms with van der Waals surface area (Å²) in [6, 6.07) is -0.935. The summed E-state index contributed by atoms with van der Waals surface area (Å²) >= 11 is 0. The molecule has 0 aromatic heterocycles. The van der Waals surface area contributed by atoms with Crippen molar-refractivity contribution in [2.75, 3.05) is 55.5 Å². The van der Waals surface area contributed by atoms with E-state index in [4.69, 9.17) is 9.47 Å². The Morgan fingerprint density at radius 2 is 1.62 bits per heavy atom. The molecule has 1 fully saturated rings. The maximum absolute atomic E-state index is 13.7. The summed E-state index contributed by atoms with van der Waals surface area (Å²) in [4.78, 5) is 57.3. The molecule has 40 heavy (non-hydrogen) atoms. The fourth-order valence-electron chi connectivity index (χ4n) is 6.08. The zero-order valence-electron chi connectivity index (χ0n) is 26.7. The highest BCUT2D eigenvalue weighted by Crippen LogP contribution is 2.29. The lowest BCUT2D eigenvalue weighted by molar-refractivity contribution is -0.145. The van der Waals surface area contributed by atoms with Crippen LogP contribution in [0.3, 0.4) is 0 Å². The van der Waals surface area contributed by atoms with E-state index in [1.807, 2.05) is 58.5 Å². The average Bonchev–Trinajstić information content (AvgIpc) is 3.39. The molecule has 1 rings (SSSR count). The van der Waals surface area contributed by atoms with Gasteiger partial charge >= 0.3 is 0 Å². The lowest BCUT2D eigenvalue weighted by Crippen LogP contribution is -2.55. The highest BCUT2D eigenvalue weighted by Gasteiger charge is 2.41. The normalized spacial score (nSPS) is 20.0. The third kappa shape index (κ3) is 9.14. The number of hydrogen-bond donors (Lipinski definition) is 2. The van der Waals surface area contributed by atoms with Gasteiger partial charge in [-0.15, -0.1) is 0 Å². The zero-order chi connectivity index (χ0) is 30.7. The Morgan fingerprint density at radius 1 is 1.00 bits per heavy atom. The predicted molar refractivity (Wildman–Crippen MR) is 156 cm³/mol. The third-order valence-corrected chi connectivity index (χ3v) is 8.42. The summed E-state index contributed by atoms with van der Waals surface area (Å²) in [6.07, 6.45) is 1.47. The summed E-state index contributed by atoms with van der Waals surface area (Å²) in [7, 11) is 10.1. The Labute approximate surface area is 241 Å². The minimum atomic E-state index is -0.545. The first-order chi connectivity index (χ1) is 18.8. The van der Waals surface area contributed by atoms with Crippen molar-refractivity contribution in [1.82, 2.24) is 25.3 Å². The van der Waals surface area contributed by atoms with E-state index in [0.29, 0.717) is 6.54 Å². The van der Waals surface area contributed by atoms with Crippen LogP contribution in [0.1, 0.15) is 60.3 Å². The number of methoxy groups -OCH3 is 2. The van der Waals surface area contributed by atoms with Gasteiger partial charge < -0.3 is 29.9 Å². The van der Waals surface area contributed by atoms with Crippen LogP contribution in [0.5, 0.6) is 0 Å². The quantitative estimate of drug-likeness (QED) is 0.288. The van der Waals surface area contributed by atoms with Gasteiger partial charge in [0.2, 0.25) is 23.6 Å². The molecule has 0 aliphatic carbocycles. The van der Waals surface area contributed by atoms with Gasteiger partial charge in [-0.3, -0.25) is 24.1 Å². The standard InChI is InChI=1S/C29H55N5O6/c1-12-19(4)26(33(9)24(36)17-31-29(38)25(18(2)3)32(7)8)22(39-10)16-23(35)34-15-13-14-21(34)27(40-11)20(5)28(37)30-6/h18-22,25-27H,12-17H2,1-11H3,(H,30,37)(H,31,38)/t19-,20+,21-,22+,25?,26-,27+/m0/s1. The van der Waals surface area contributed by atoms with Crippen LogP contribution >= 0.6 is 0 Å². The molecule has 1 unspecified atom stereocenters. The number of hydrogen-bond acceptors (Lipinski definition) is 7. The molecule has 11 heteroatoms. The van der Waals surface area contributed by atoms with E-state index in [1.54, 1.807) is 33.2 Å². The number of ether oxygens (including phenoxy) is 2. The topological polar surface area (TPSA) is 121 Å². The van der Waals surface area contributed by atoms with Gasteiger partial charge in [0.1, 0.15) is 0 Å². The summed E-state index contributed by atoms with van der Waals surface area (Å²) < 4.78 is 11.6. The Morgan fingerprint density at radius 3 is 2.10 bits per heavy atom. The molecule has 0 aromatic rings. The van der Waals surface area contributed by atoms with Crippen molar-refractivity contribution >= 4 is 23.6 Å². The van der Waals surface area contributed by atoms with Crippen LogP contribution in [0, 0.1) is 17.8 Å². The predicted octanol–water partition coefficient (Wildman–Crippen LogP) is 1.36. The van der Waals surface area contributed by atoms with Gasteiger partial charge in [-0.05, 0) is 38.8 Å². The second-order valence-electron chi connectivity index (χ2n) is 11.6. The fraction of sp³-hybridized carbons (Fsp3) is 0.862. The molecule has 4 amide bonds. The van der Waals surface area contributed by atoms with Crippen LogP contribution in [0.15, 0.2) is 0 Å². The molecule has 1 aliphatic heterocycles. The van der Waals surface area contributed by atoms with Crippen LogP contribution in [-0.2, 0) is 28.7 Å². The molecule has 0 aromatic carbocycles. The first-order valence-corrected chi connectivity index (χ1v) is 14.5. The first-order valence-electron chi connectivity index (χ1n) is 14.5. The number of likely N-dealkylation sites (tertiary alicyclic amines) is 1. The molecule has 0 saturated carbocycles. The first kappa shape index (κ1) is 35.8. The van der Waals surface area contributed by atoms with Crippen molar-refractivity contribution in [1.29, 1.82) is 0 Å². The molecular formula is C29H55N5O6. The summed E-state index contributed by atoms with van der Waals surface area (Å²) in [5.74, 6) is -0.940. The maximum Gasteiger partial charge on any atom is 0.242 e. The molecule has 232 valence electrons. The monoisotopic (exact) mass is 569 g/mol. The molecule has 2 N–H and O–H groups in total. The van der Waals surface area contributed by atoms with Gasteiger partial charge in [0.05, 0.1) is 49.2 Å². The van der Waals surface area contributed by atoms with Gasteiger partial charge in [-0.25, -0.2) is 0 Å². The molecule has 11 nitrogen and oxygen atoms in total. The van der Waals surface area contributed by atoms with Gasteiger partial charge in [0.25, 0.3) is 0 Å². The SMILES string of the molecule is CC[C@H](C)[C@@H]([C@@H](CC(=O)N1CCC[C@H]1[C@H](OC)[C@@H](C)C(=O)NC)OC)N(C)C(=O)CNC(=O)C(C(C)C)N(C)C.